The van der Waals surface area contributed by atoms with Crippen LogP contribution in [0.4, 0.5) is 0 Å². The third kappa shape index (κ3) is 1.29. The predicted octanol–water partition coefficient (Wildman–Crippen LogP) is 1.78. The molecule has 20 heavy (non-hydrogen) atoms. The van der Waals surface area contributed by atoms with E-state index in [-0.39, 0.29) is 30.0 Å². The van der Waals surface area contributed by atoms with Crippen LogP contribution < -0.4 is 0 Å². The zero-order valence-electron chi connectivity index (χ0n) is 11.7. The monoisotopic (exact) mass is 298 g/mol. The molecule has 110 valence electrons. The molecule has 4 rings (SSSR count). The lowest BCUT2D eigenvalue weighted by atomic mass is 9.73. The van der Waals surface area contributed by atoms with E-state index in [0.29, 0.717) is 18.4 Å². The molecular weight excluding hydrogens is 280 g/mol. The summed E-state index contributed by atoms with van der Waals surface area (Å²) in [7, 11) is 0. The van der Waals surface area contributed by atoms with Gasteiger partial charge in [0.1, 0.15) is 11.7 Å². The molecule has 0 unspecified atom stereocenters. The smallest absolute Gasteiger partial charge is 0.334 e. The van der Waals surface area contributed by atoms with Gasteiger partial charge in [-0.05, 0) is 26.7 Å². The molecule has 4 nitrogen and oxygen atoms in total. The number of epoxide rings is 1. The van der Waals surface area contributed by atoms with Crippen LogP contribution in [0.25, 0.3) is 0 Å². The first-order valence-corrected chi connectivity index (χ1v) is 7.57. The molecule has 4 aliphatic rings. The molecule has 2 aliphatic carbocycles. The van der Waals surface area contributed by atoms with E-state index in [4.69, 9.17) is 21.1 Å². The first kappa shape index (κ1) is 13.1. The van der Waals surface area contributed by atoms with Gasteiger partial charge in [-0.3, -0.25) is 0 Å². The van der Waals surface area contributed by atoms with Crippen LogP contribution in [0.3, 0.4) is 0 Å². The molecule has 1 N–H and O–H groups in total. The normalized spacial score (nSPS) is 60.4. The highest BCUT2D eigenvalue weighted by molar-refractivity contribution is 6.24. The van der Waals surface area contributed by atoms with Crippen molar-refractivity contribution in [3.63, 3.8) is 0 Å². The maximum Gasteiger partial charge on any atom is 0.334 e. The highest BCUT2D eigenvalue weighted by Gasteiger charge is 2.79. The number of alkyl halides is 1. The summed E-state index contributed by atoms with van der Waals surface area (Å²) in [6.45, 7) is 7.75. The van der Waals surface area contributed by atoms with Crippen molar-refractivity contribution in [1.29, 1.82) is 0 Å². The molecule has 0 amide bonds. The summed E-state index contributed by atoms with van der Waals surface area (Å²) in [6, 6.07) is 0. The lowest BCUT2D eigenvalue weighted by Gasteiger charge is -2.44. The Morgan fingerprint density at radius 3 is 2.85 bits per heavy atom. The number of ether oxygens (including phenoxy) is 2. The van der Waals surface area contributed by atoms with Gasteiger partial charge in [0.05, 0.1) is 22.5 Å². The zero-order chi connectivity index (χ0) is 14.5. The molecule has 0 bridgehead atoms. The minimum atomic E-state index is -1.06. The SMILES string of the molecule is C=C1C(=O)O[C@H]2[C@H]1CC[C@@](C)(Cl)[C@@]1(O)C[C@@H]3O[C@]3(C)[C@H]21. The molecule has 2 aliphatic heterocycles. The summed E-state index contributed by atoms with van der Waals surface area (Å²) in [5.41, 5.74) is -0.973. The second-order valence-corrected chi connectivity index (χ2v) is 7.97. The molecule has 2 heterocycles. The molecule has 0 aromatic heterocycles. The Morgan fingerprint density at radius 1 is 1.45 bits per heavy atom. The molecule has 0 radical (unpaired) electrons. The Hall–Kier alpha value is -0.580. The van der Waals surface area contributed by atoms with Crippen LogP contribution in [0, 0.1) is 11.8 Å². The van der Waals surface area contributed by atoms with Gasteiger partial charge in [0.25, 0.3) is 0 Å². The van der Waals surface area contributed by atoms with Gasteiger partial charge < -0.3 is 14.6 Å². The summed E-state index contributed by atoms with van der Waals surface area (Å²) in [4.78, 5) is 11.1. The van der Waals surface area contributed by atoms with Crippen molar-refractivity contribution in [1.82, 2.24) is 0 Å². The maximum atomic E-state index is 11.9. The van der Waals surface area contributed by atoms with Gasteiger partial charge in [-0.1, -0.05) is 6.58 Å². The number of esters is 1. The van der Waals surface area contributed by atoms with Crippen molar-refractivity contribution >= 4 is 17.6 Å². The van der Waals surface area contributed by atoms with Gasteiger partial charge in [-0.25, -0.2) is 4.79 Å². The van der Waals surface area contributed by atoms with Crippen LogP contribution in [-0.2, 0) is 14.3 Å². The van der Waals surface area contributed by atoms with E-state index >= 15 is 0 Å². The van der Waals surface area contributed by atoms with Crippen LogP contribution in [0.5, 0.6) is 0 Å². The average Bonchev–Trinajstić information content (AvgIpc) is 2.81. The number of halogens is 1. The fourth-order valence-electron chi connectivity index (χ4n) is 4.72. The average molecular weight is 299 g/mol. The van der Waals surface area contributed by atoms with Crippen molar-refractivity contribution < 1.29 is 19.4 Å². The maximum absolute atomic E-state index is 11.9. The predicted molar refractivity (Wildman–Crippen MR) is 72.3 cm³/mol. The van der Waals surface area contributed by atoms with E-state index in [1.165, 1.54) is 0 Å². The molecule has 0 spiro atoms. The van der Waals surface area contributed by atoms with Crippen molar-refractivity contribution in [2.75, 3.05) is 0 Å². The van der Waals surface area contributed by atoms with Gasteiger partial charge in [0, 0.05) is 17.9 Å². The van der Waals surface area contributed by atoms with Crippen LogP contribution in [0.15, 0.2) is 12.2 Å². The lowest BCUT2D eigenvalue weighted by Crippen LogP contribution is -2.57. The van der Waals surface area contributed by atoms with E-state index < -0.39 is 16.1 Å². The van der Waals surface area contributed by atoms with Crippen molar-refractivity contribution in [3.05, 3.63) is 12.2 Å². The number of rotatable bonds is 0. The first-order valence-electron chi connectivity index (χ1n) is 7.19. The molecule has 0 aromatic rings. The highest BCUT2D eigenvalue weighted by atomic mass is 35.5. The molecule has 0 aromatic carbocycles. The number of aliphatic hydroxyl groups is 1. The van der Waals surface area contributed by atoms with E-state index in [1.807, 2.05) is 13.8 Å². The van der Waals surface area contributed by atoms with Gasteiger partial charge in [0.2, 0.25) is 0 Å². The molecule has 2 saturated carbocycles. The fourth-order valence-corrected chi connectivity index (χ4v) is 5.03. The standard InChI is InChI=1S/C15H19ClO4/c1-7-8-4-5-13(2,16)15(18)6-9-14(3,20-9)11(15)10(8)19-12(7)17/h8-11,18H,1,4-6H2,2-3H3/t8-,9-,10-,11-,13+,14-,15+/m0/s1. The van der Waals surface area contributed by atoms with Crippen LogP contribution >= 0.6 is 11.6 Å². The summed E-state index contributed by atoms with van der Waals surface area (Å²) >= 11 is 6.69. The topological polar surface area (TPSA) is 59.1 Å². The highest BCUT2D eigenvalue weighted by Crippen LogP contribution is 2.67. The van der Waals surface area contributed by atoms with E-state index in [2.05, 4.69) is 6.58 Å². The minimum absolute atomic E-state index is 0.0156. The molecule has 7 atom stereocenters. The molecule has 4 fully saturated rings. The van der Waals surface area contributed by atoms with Gasteiger partial charge >= 0.3 is 5.97 Å². The van der Waals surface area contributed by atoms with Crippen molar-refractivity contribution in [2.24, 2.45) is 11.8 Å². The molecule has 2 saturated heterocycles. The number of hydrogen-bond acceptors (Lipinski definition) is 4. The zero-order valence-corrected chi connectivity index (χ0v) is 12.4. The van der Waals surface area contributed by atoms with E-state index in [0.717, 1.165) is 6.42 Å². The van der Waals surface area contributed by atoms with Crippen LogP contribution in [0.2, 0.25) is 0 Å². The minimum Gasteiger partial charge on any atom is -0.458 e. The number of carbonyl (C=O) groups excluding carboxylic acids is 1. The summed E-state index contributed by atoms with van der Waals surface area (Å²) in [6.07, 6.45) is 1.53. The van der Waals surface area contributed by atoms with Crippen LogP contribution in [-0.4, -0.2) is 39.4 Å². The second-order valence-electron chi connectivity index (χ2n) is 7.13. The Labute approximate surface area is 123 Å². The van der Waals surface area contributed by atoms with E-state index in [1.54, 1.807) is 0 Å². The summed E-state index contributed by atoms with van der Waals surface area (Å²) in [5, 5.41) is 11.3. The third-order valence-electron chi connectivity index (χ3n) is 6.11. The summed E-state index contributed by atoms with van der Waals surface area (Å²) in [5.74, 6) is -0.675. The molecule has 5 heteroatoms. The Balaban J connectivity index is 1.84. The Morgan fingerprint density at radius 2 is 2.15 bits per heavy atom. The Kier molecular flexibility index (Phi) is 2.24. The largest absolute Gasteiger partial charge is 0.458 e. The lowest BCUT2D eigenvalue weighted by molar-refractivity contribution is -0.154. The van der Waals surface area contributed by atoms with Crippen molar-refractivity contribution in [3.8, 4) is 0 Å². The quantitative estimate of drug-likeness (QED) is 0.320. The van der Waals surface area contributed by atoms with Gasteiger partial charge in [-0.15, -0.1) is 11.6 Å². The number of fused-ring (bicyclic) bond motifs is 5. The first-order chi connectivity index (χ1) is 9.21. The Bertz CT molecular complexity index is 530. The van der Waals surface area contributed by atoms with Gasteiger partial charge in [-0.2, -0.15) is 0 Å². The second kappa shape index (κ2) is 3.42. The molecular formula is C15H19ClO4. The number of hydrogen-bond donors (Lipinski definition) is 1. The third-order valence-corrected chi connectivity index (χ3v) is 6.63. The van der Waals surface area contributed by atoms with Crippen LogP contribution in [0.1, 0.15) is 33.1 Å². The van der Waals surface area contributed by atoms with Gasteiger partial charge in [0.15, 0.2) is 0 Å². The van der Waals surface area contributed by atoms with Crippen molar-refractivity contribution in [2.45, 2.75) is 61.4 Å². The summed E-state index contributed by atoms with van der Waals surface area (Å²) < 4.78 is 11.3. The number of carbonyl (C=O) groups is 1. The fraction of sp³-hybridized carbons (Fsp3) is 0.800. The van der Waals surface area contributed by atoms with E-state index in [9.17, 15) is 9.90 Å².